The van der Waals surface area contributed by atoms with E-state index in [0.717, 1.165) is 55.1 Å². The minimum Gasteiger partial charge on any atom is -0.497 e. The van der Waals surface area contributed by atoms with Gasteiger partial charge >= 0.3 is 0 Å². The van der Waals surface area contributed by atoms with Gasteiger partial charge in [0.1, 0.15) is 17.5 Å². The van der Waals surface area contributed by atoms with E-state index in [1.807, 2.05) is 35.0 Å². The van der Waals surface area contributed by atoms with E-state index < -0.39 is 0 Å². The summed E-state index contributed by atoms with van der Waals surface area (Å²) in [5.41, 5.74) is 2.20. The van der Waals surface area contributed by atoms with Crippen molar-refractivity contribution in [2.75, 3.05) is 40.4 Å². The Bertz CT molecular complexity index is 1070. The number of aromatic nitrogens is 4. The van der Waals surface area contributed by atoms with Crippen molar-refractivity contribution in [2.45, 2.75) is 50.7 Å². The zero-order valence-electron chi connectivity index (χ0n) is 20.8. The van der Waals surface area contributed by atoms with E-state index in [1.54, 1.807) is 14.2 Å². The first-order valence-corrected chi connectivity index (χ1v) is 12.8. The van der Waals surface area contributed by atoms with Crippen molar-refractivity contribution >= 4 is 0 Å². The smallest absolute Gasteiger partial charge is 0.173 e. The lowest BCUT2D eigenvalue weighted by atomic mass is 9.93. The lowest BCUT2D eigenvalue weighted by Crippen LogP contribution is -2.52. The molecule has 35 heavy (non-hydrogen) atoms. The van der Waals surface area contributed by atoms with Crippen LogP contribution in [0.2, 0.25) is 0 Å². The van der Waals surface area contributed by atoms with Crippen molar-refractivity contribution in [3.63, 3.8) is 0 Å². The van der Waals surface area contributed by atoms with Gasteiger partial charge in [-0.15, -0.1) is 5.10 Å². The molecule has 0 N–H and O–H groups in total. The molecular weight excluding hydrogens is 440 g/mol. The van der Waals surface area contributed by atoms with Gasteiger partial charge < -0.3 is 9.47 Å². The average Bonchev–Trinajstić information content (AvgIpc) is 3.37. The zero-order valence-corrected chi connectivity index (χ0v) is 20.8. The fourth-order valence-electron chi connectivity index (χ4n) is 5.64. The highest BCUT2D eigenvalue weighted by Crippen LogP contribution is 2.37. The summed E-state index contributed by atoms with van der Waals surface area (Å²) in [4.78, 5) is 5.20. The fourth-order valence-corrected chi connectivity index (χ4v) is 5.64. The number of ether oxygens (including phenoxy) is 2. The summed E-state index contributed by atoms with van der Waals surface area (Å²) in [6.45, 7) is 4.66. The normalized spacial score (nSPS) is 18.9. The van der Waals surface area contributed by atoms with Gasteiger partial charge in [-0.3, -0.25) is 9.80 Å². The molecule has 2 heterocycles. The van der Waals surface area contributed by atoms with Crippen molar-refractivity contribution in [1.82, 2.24) is 30.0 Å². The van der Waals surface area contributed by atoms with Gasteiger partial charge in [0, 0.05) is 37.8 Å². The highest BCUT2D eigenvalue weighted by atomic mass is 16.5. The maximum atomic E-state index is 5.82. The van der Waals surface area contributed by atoms with E-state index in [2.05, 4.69) is 43.5 Å². The molecule has 3 aromatic rings. The molecule has 8 heteroatoms. The number of hydrogen-bond acceptors (Lipinski definition) is 7. The van der Waals surface area contributed by atoms with Crippen LogP contribution in [0.15, 0.2) is 48.5 Å². The summed E-state index contributed by atoms with van der Waals surface area (Å²) in [5.74, 6) is 2.44. The van der Waals surface area contributed by atoms with Gasteiger partial charge in [-0.2, -0.15) is 0 Å². The first-order valence-electron chi connectivity index (χ1n) is 12.8. The van der Waals surface area contributed by atoms with E-state index in [4.69, 9.17) is 9.47 Å². The zero-order chi connectivity index (χ0) is 24.0. The largest absolute Gasteiger partial charge is 0.497 e. The van der Waals surface area contributed by atoms with Gasteiger partial charge in [-0.05, 0) is 47.0 Å². The maximum absolute atomic E-state index is 5.82. The predicted octanol–water partition coefficient (Wildman–Crippen LogP) is 3.78. The quantitative estimate of drug-likeness (QED) is 0.490. The number of hydrogen-bond donors (Lipinski definition) is 0. The number of nitrogens with zero attached hydrogens (tertiary/aromatic N) is 6. The number of piperazine rings is 1. The Morgan fingerprint density at radius 1 is 0.914 bits per heavy atom. The van der Waals surface area contributed by atoms with Crippen molar-refractivity contribution in [1.29, 1.82) is 0 Å². The molecular formula is C27H36N6O2. The number of tetrazole rings is 1. The third-order valence-corrected chi connectivity index (χ3v) is 7.52. The fraction of sp³-hybridized carbons (Fsp3) is 0.519. The van der Waals surface area contributed by atoms with Gasteiger partial charge in [0.2, 0.25) is 0 Å². The lowest BCUT2D eigenvalue weighted by molar-refractivity contribution is 0.0615. The molecule has 0 radical (unpaired) electrons. The Morgan fingerprint density at radius 2 is 1.69 bits per heavy atom. The molecule has 0 unspecified atom stereocenters. The molecule has 1 saturated carbocycles. The van der Waals surface area contributed by atoms with Crippen LogP contribution < -0.4 is 9.47 Å². The topological polar surface area (TPSA) is 68.5 Å². The van der Waals surface area contributed by atoms with Crippen LogP contribution >= 0.6 is 0 Å². The summed E-state index contributed by atoms with van der Waals surface area (Å²) in [5, 5.41) is 13.0. The summed E-state index contributed by atoms with van der Waals surface area (Å²) in [7, 11) is 3.42. The summed E-state index contributed by atoms with van der Waals surface area (Å²) in [6.07, 6.45) is 6.79. The molecule has 186 valence electrons. The Hall–Kier alpha value is -2.97. The van der Waals surface area contributed by atoms with Gasteiger partial charge in [0.15, 0.2) is 5.82 Å². The lowest BCUT2D eigenvalue weighted by Gasteiger charge is -2.43. The highest BCUT2D eigenvalue weighted by molar-refractivity contribution is 5.44. The van der Waals surface area contributed by atoms with Gasteiger partial charge in [0.05, 0.1) is 20.8 Å². The molecule has 0 spiro atoms. The third kappa shape index (κ3) is 5.33. The molecule has 2 aliphatic rings. The third-order valence-electron chi connectivity index (χ3n) is 7.52. The molecule has 0 amide bonds. The van der Waals surface area contributed by atoms with E-state index in [9.17, 15) is 0 Å². The summed E-state index contributed by atoms with van der Waals surface area (Å²) < 4.78 is 13.3. The molecule has 8 nitrogen and oxygen atoms in total. The van der Waals surface area contributed by atoms with E-state index in [-0.39, 0.29) is 6.04 Å². The Kier molecular flexibility index (Phi) is 7.59. The number of methoxy groups -OCH3 is 2. The van der Waals surface area contributed by atoms with Crippen LogP contribution in [0.1, 0.15) is 55.1 Å². The molecule has 1 aromatic heterocycles. The van der Waals surface area contributed by atoms with Crippen LogP contribution in [0.4, 0.5) is 0 Å². The predicted molar refractivity (Wildman–Crippen MR) is 135 cm³/mol. The molecule has 1 atom stereocenters. The van der Waals surface area contributed by atoms with Crippen LogP contribution in [0.5, 0.6) is 11.5 Å². The van der Waals surface area contributed by atoms with Crippen LogP contribution in [0, 0.1) is 0 Å². The Morgan fingerprint density at radius 3 is 2.40 bits per heavy atom. The van der Waals surface area contributed by atoms with Crippen LogP contribution in [0.25, 0.3) is 0 Å². The molecule has 1 aliphatic carbocycles. The second-order valence-electron chi connectivity index (χ2n) is 9.55. The summed E-state index contributed by atoms with van der Waals surface area (Å²) >= 11 is 0. The van der Waals surface area contributed by atoms with E-state index >= 15 is 0 Å². The SMILES string of the molecule is COc1ccc(OC)c([C@H](c2nnnn2Cc2ccccc2)N2CCN(C3CCCCC3)CC2)c1. The second kappa shape index (κ2) is 11.2. The monoisotopic (exact) mass is 476 g/mol. The van der Waals surface area contributed by atoms with Gasteiger partial charge in [0.25, 0.3) is 0 Å². The number of benzene rings is 2. The van der Waals surface area contributed by atoms with E-state index in [1.165, 1.54) is 37.7 Å². The van der Waals surface area contributed by atoms with Crippen molar-refractivity contribution in [2.24, 2.45) is 0 Å². The van der Waals surface area contributed by atoms with E-state index in [0.29, 0.717) is 6.54 Å². The standard InChI is InChI=1S/C27H36N6O2/c1-34-23-13-14-25(35-2)24(19-23)26(27-28-29-30-33(27)20-21-9-5-3-6-10-21)32-17-15-31(16-18-32)22-11-7-4-8-12-22/h3,5-6,9-10,13-14,19,22,26H,4,7-8,11-12,15-18,20H2,1-2H3/t26-/m1/s1. The summed E-state index contributed by atoms with van der Waals surface area (Å²) in [6, 6.07) is 16.9. The molecule has 2 aromatic carbocycles. The first kappa shape index (κ1) is 23.8. The molecule has 0 bridgehead atoms. The Balaban J connectivity index is 1.47. The van der Waals surface area contributed by atoms with Crippen molar-refractivity contribution < 1.29 is 9.47 Å². The highest BCUT2D eigenvalue weighted by Gasteiger charge is 2.34. The average molecular weight is 477 g/mol. The van der Waals surface area contributed by atoms with Crippen LogP contribution in [-0.2, 0) is 6.54 Å². The van der Waals surface area contributed by atoms with Crippen molar-refractivity contribution in [3.05, 3.63) is 65.5 Å². The van der Waals surface area contributed by atoms with Crippen LogP contribution in [-0.4, -0.2) is 76.4 Å². The molecule has 1 aliphatic heterocycles. The molecule has 2 fully saturated rings. The van der Waals surface area contributed by atoms with Gasteiger partial charge in [-0.25, -0.2) is 4.68 Å². The minimum atomic E-state index is -0.132. The first-order chi connectivity index (χ1) is 17.3. The Labute approximate surface area is 207 Å². The molecule has 5 rings (SSSR count). The van der Waals surface area contributed by atoms with Gasteiger partial charge in [-0.1, -0.05) is 49.6 Å². The number of rotatable bonds is 8. The maximum Gasteiger partial charge on any atom is 0.173 e. The van der Waals surface area contributed by atoms with Crippen LogP contribution in [0.3, 0.4) is 0 Å². The second-order valence-corrected chi connectivity index (χ2v) is 9.55. The van der Waals surface area contributed by atoms with Crippen molar-refractivity contribution in [3.8, 4) is 11.5 Å². The molecule has 1 saturated heterocycles. The minimum absolute atomic E-state index is 0.132.